The van der Waals surface area contributed by atoms with Gasteiger partial charge >= 0.3 is 11.7 Å². The number of sulfone groups is 1. The maximum Gasteiger partial charge on any atom is 0.323 e. The van der Waals surface area contributed by atoms with Crippen molar-refractivity contribution in [3.05, 3.63) is 28.3 Å². The molecular weight excluding hydrogens is 276 g/mol. The maximum atomic E-state index is 11.5. The van der Waals surface area contributed by atoms with Crippen molar-refractivity contribution < 1.29 is 23.2 Å². The van der Waals surface area contributed by atoms with Crippen LogP contribution in [0.25, 0.3) is 0 Å². The lowest BCUT2D eigenvalue weighted by molar-refractivity contribution is -0.387. The van der Waals surface area contributed by atoms with E-state index in [4.69, 9.17) is 5.11 Å². The first kappa shape index (κ1) is 14.9. The molecule has 1 aromatic carbocycles. The molecule has 19 heavy (non-hydrogen) atoms. The summed E-state index contributed by atoms with van der Waals surface area (Å²) in [5, 5.41) is 19.7. The summed E-state index contributed by atoms with van der Waals surface area (Å²) in [6.45, 7) is -0.478. The first-order valence-electron chi connectivity index (χ1n) is 5.05. The molecule has 0 amide bonds. The van der Waals surface area contributed by atoms with Crippen molar-refractivity contribution in [1.82, 2.24) is 0 Å². The number of likely N-dealkylation sites (N-methyl/N-ethyl adjacent to an activating group) is 1. The van der Waals surface area contributed by atoms with Crippen molar-refractivity contribution in [3.8, 4) is 0 Å². The third kappa shape index (κ3) is 3.41. The van der Waals surface area contributed by atoms with E-state index in [9.17, 15) is 23.3 Å². The Morgan fingerprint density at radius 3 is 2.47 bits per heavy atom. The number of anilines is 1. The van der Waals surface area contributed by atoms with Gasteiger partial charge < -0.3 is 10.0 Å². The highest BCUT2D eigenvalue weighted by molar-refractivity contribution is 7.90. The Hall–Kier alpha value is -2.16. The van der Waals surface area contributed by atoms with Gasteiger partial charge in [-0.15, -0.1) is 0 Å². The zero-order chi connectivity index (χ0) is 14.8. The van der Waals surface area contributed by atoms with Crippen LogP contribution in [0.4, 0.5) is 11.4 Å². The second-order valence-corrected chi connectivity index (χ2v) is 5.89. The fourth-order valence-electron chi connectivity index (χ4n) is 1.59. The number of hydrogen-bond acceptors (Lipinski definition) is 6. The normalized spacial score (nSPS) is 11.1. The molecule has 0 aromatic heterocycles. The minimum absolute atomic E-state index is 0.0599. The number of para-hydroxylation sites is 1. The molecule has 0 aliphatic heterocycles. The summed E-state index contributed by atoms with van der Waals surface area (Å²) in [6, 6.07) is 3.75. The molecule has 0 aliphatic rings. The molecule has 0 heterocycles. The molecule has 1 N–H and O–H groups in total. The highest BCUT2D eigenvalue weighted by Crippen LogP contribution is 2.33. The number of rotatable bonds is 5. The minimum Gasteiger partial charge on any atom is -0.480 e. The largest absolute Gasteiger partial charge is 0.480 e. The summed E-state index contributed by atoms with van der Waals surface area (Å²) in [7, 11) is -2.44. The number of nitrogens with zero attached hydrogens (tertiary/aromatic N) is 2. The van der Waals surface area contributed by atoms with Crippen molar-refractivity contribution in [2.45, 2.75) is 4.90 Å². The van der Waals surface area contributed by atoms with E-state index in [1.807, 2.05) is 0 Å². The molecule has 0 atom stereocenters. The van der Waals surface area contributed by atoms with E-state index in [-0.39, 0.29) is 5.69 Å². The van der Waals surface area contributed by atoms with Gasteiger partial charge in [0.05, 0.1) is 4.92 Å². The SMILES string of the molecule is CN(CC(=O)O)c1cccc(S(C)(=O)=O)c1[N+](=O)[O-]. The molecule has 0 saturated heterocycles. The molecule has 0 saturated carbocycles. The third-order valence-corrected chi connectivity index (χ3v) is 3.47. The number of aliphatic carboxylic acids is 1. The maximum absolute atomic E-state index is 11.5. The van der Waals surface area contributed by atoms with Crippen LogP contribution in [0.15, 0.2) is 23.1 Å². The van der Waals surface area contributed by atoms with Crippen LogP contribution >= 0.6 is 0 Å². The van der Waals surface area contributed by atoms with Crippen LogP contribution < -0.4 is 4.90 Å². The van der Waals surface area contributed by atoms with Gasteiger partial charge in [0, 0.05) is 13.3 Å². The number of benzene rings is 1. The average molecular weight is 288 g/mol. The standard InChI is InChI=1S/C10H12N2O6S/c1-11(6-9(13)14)7-4-3-5-8(19(2,17)18)10(7)12(15)16/h3-5H,6H2,1-2H3,(H,13,14). The zero-order valence-electron chi connectivity index (χ0n) is 10.2. The Balaban J connectivity index is 3.49. The second-order valence-electron chi connectivity index (χ2n) is 3.90. The minimum atomic E-state index is -3.78. The zero-order valence-corrected chi connectivity index (χ0v) is 11.0. The van der Waals surface area contributed by atoms with Crippen molar-refractivity contribution in [2.24, 2.45) is 0 Å². The van der Waals surface area contributed by atoms with Gasteiger partial charge in [0.25, 0.3) is 0 Å². The van der Waals surface area contributed by atoms with Gasteiger partial charge in [0.15, 0.2) is 9.84 Å². The van der Waals surface area contributed by atoms with E-state index in [1.165, 1.54) is 19.2 Å². The molecule has 0 radical (unpaired) electrons. The van der Waals surface area contributed by atoms with Gasteiger partial charge in [-0.2, -0.15) is 0 Å². The van der Waals surface area contributed by atoms with E-state index in [1.54, 1.807) is 0 Å². The monoisotopic (exact) mass is 288 g/mol. The van der Waals surface area contributed by atoms with Gasteiger partial charge in [-0.3, -0.25) is 14.9 Å². The van der Waals surface area contributed by atoms with Crippen LogP contribution in [0.1, 0.15) is 0 Å². The van der Waals surface area contributed by atoms with E-state index in [2.05, 4.69) is 0 Å². The van der Waals surface area contributed by atoms with Crippen LogP contribution in [0.2, 0.25) is 0 Å². The van der Waals surface area contributed by atoms with Crippen molar-refractivity contribution >= 4 is 27.2 Å². The summed E-state index contributed by atoms with van der Waals surface area (Å²) < 4.78 is 23.0. The molecule has 1 aromatic rings. The quantitative estimate of drug-likeness (QED) is 0.619. The third-order valence-electron chi connectivity index (χ3n) is 2.34. The molecule has 0 fully saturated rings. The van der Waals surface area contributed by atoms with Gasteiger partial charge in [-0.05, 0) is 12.1 Å². The second kappa shape index (κ2) is 5.22. The number of hydrogen-bond donors (Lipinski definition) is 1. The molecule has 0 spiro atoms. The van der Waals surface area contributed by atoms with Crippen LogP contribution in [0.3, 0.4) is 0 Å². The summed E-state index contributed by atoms with van der Waals surface area (Å²) in [5.74, 6) is -1.18. The predicted molar refractivity (Wildman–Crippen MR) is 67.1 cm³/mol. The van der Waals surface area contributed by atoms with Crippen LogP contribution in [-0.4, -0.2) is 44.3 Å². The average Bonchev–Trinajstić information content (AvgIpc) is 2.25. The molecule has 104 valence electrons. The Morgan fingerprint density at radius 2 is 2.05 bits per heavy atom. The summed E-state index contributed by atoms with van der Waals surface area (Å²) in [5.41, 5.74) is -0.677. The Kier molecular flexibility index (Phi) is 4.10. The van der Waals surface area contributed by atoms with Crippen LogP contribution in [0.5, 0.6) is 0 Å². The van der Waals surface area contributed by atoms with E-state index < -0.39 is 37.9 Å². The Labute approximate surface area is 109 Å². The van der Waals surface area contributed by atoms with E-state index in [0.29, 0.717) is 0 Å². The van der Waals surface area contributed by atoms with Gasteiger partial charge in [-0.1, -0.05) is 6.07 Å². The summed E-state index contributed by atoms with van der Waals surface area (Å²) in [6.07, 6.45) is 0.857. The van der Waals surface area contributed by atoms with Crippen molar-refractivity contribution in [2.75, 3.05) is 24.7 Å². The van der Waals surface area contributed by atoms with E-state index >= 15 is 0 Å². The number of carboxylic acids is 1. The lowest BCUT2D eigenvalue weighted by Crippen LogP contribution is -2.26. The first-order valence-corrected chi connectivity index (χ1v) is 6.94. The van der Waals surface area contributed by atoms with Gasteiger partial charge in [-0.25, -0.2) is 8.42 Å². The van der Waals surface area contributed by atoms with Crippen LogP contribution in [-0.2, 0) is 14.6 Å². The molecule has 1 rings (SSSR count). The number of nitro groups is 1. The van der Waals surface area contributed by atoms with Crippen molar-refractivity contribution in [1.29, 1.82) is 0 Å². The fourth-order valence-corrected chi connectivity index (χ4v) is 2.45. The highest BCUT2D eigenvalue weighted by atomic mass is 32.2. The molecule has 9 heteroatoms. The Bertz CT molecular complexity index is 625. The fraction of sp³-hybridized carbons (Fsp3) is 0.300. The lowest BCUT2D eigenvalue weighted by atomic mass is 10.2. The summed E-state index contributed by atoms with van der Waals surface area (Å²) >= 11 is 0. The molecular formula is C10H12N2O6S. The van der Waals surface area contributed by atoms with Gasteiger partial charge in [0.2, 0.25) is 0 Å². The number of carbonyl (C=O) groups is 1. The number of nitro benzene ring substituents is 1. The summed E-state index contributed by atoms with van der Waals surface area (Å²) in [4.78, 5) is 21.5. The molecule has 0 unspecified atom stereocenters. The molecule has 8 nitrogen and oxygen atoms in total. The van der Waals surface area contributed by atoms with Gasteiger partial charge in [0.1, 0.15) is 17.1 Å². The lowest BCUT2D eigenvalue weighted by Gasteiger charge is -2.17. The Morgan fingerprint density at radius 1 is 1.47 bits per heavy atom. The molecule has 0 bridgehead atoms. The highest BCUT2D eigenvalue weighted by Gasteiger charge is 2.28. The van der Waals surface area contributed by atoms with Crippen molar-refractivity contribution in [3.63, 3.8) is 0 Å². The topological polar surface area (TPSA) is 118 Å². The first-order chi connectivity index (χ1) is 8.64. The molecule has 0 aliphatic carbocycles. The van der Waals surface area contributed by atoms with Crippen LogP contribution in [0, 0.1) is 10.1 Å². The predicted octanol–water partition coefficient (Wildman–Crippen LogP) is 0.519. The smallest absolute Gasteiger partial charge is 0.323 e. The van der Waals surface area contributed by atoms with E-state index in [0.717, 1.165) is 17.2 Å². The number of carboxylic acid groups (broad SMARTS) is 1.